The molecule has 1 saturated carbocycles. The predicted molar refractivity (Wildman–Crippen MR) is 70.5 cm³/mol. The maximum Gasteiger partial charge on any atom is 0.306 e. The van der Waals surface area contributed by atoms with Gasteiger partial charge in [-0.1, -0.05) is 0 Å². The largest absolute Gasteiger partial charge is 0.481 e. The molecule has 1 heterocycles. The Morgan fingerprint density at radius 2 is 2.24 bits per heavy atom. The van der Waals surface area contributed by atoms with E-state index in [2.05, 4.69) is 10.4 Å². The molecule has 0 aromatic carbocycles. The number of aryl methyl sites for hydroxylation is 1. The van der Waals surface area contributed by atoms with Gasteiger partial charge in [-0.25, -0.2) is 0 Å². The average molecular weight is 296 g/mol. The number of hydrogen-bond acceptors (Lipinski definition) is 5. The smallest absolute Gasteiger partial charge is 0.306 e. The monoisotopic (exact) mass is 296 g/mol. The van der Waals surface area contributed by atoms with Crippen LogP contribution in [0.2, 0.25) is 0 Å². The molecular weight excluding hydrogens is 280 g/mol. The van der Waals surface area contributed by atoms with Crippen molar-refractivity contribution in [2.75, 3.05) is 0 Å². The molecule has 0 radical (unpaired) electrons. The number of nitrogens with one attached hydrogen (secondary N) is 1. The Kier molecular flexibility index (Phi) is 4.20. The summed E-state index contributed by atoms with van der Waals surface area (Å²) in [5.74, 6) is -1.20. The van der Waals surface area contributed by atoms with Crippen LogP contribution in [0.3, 0.4) is 0 Å². The molecule has 2 rings (SSSR count). The zero-order chi connectivity index (χ0) is 15.5. The number of carbonyl (C=O) groups is 2. The zero-order valence-electron chi connectivity index (χ0n) is 11.3. The normalized spacial score (nSPS) is 16.0. The first kappa shape index (κ1) is 14.9. The molecule has 21 heavy (non-hydrogen) atoms. The SMILES string of the molecule is O=C(O)CC1(NC(=O)CCn2cc([N+](=O)[O-])cn2)CCC1. The van der Waals surface area contributed by atoms with Crippen LogP contribution in [0, 0.1) is 10.1 Å². The lowest BCUT2D eigenvalue weighted by Gasteiger charge is -2.41. The fourth-order valence-corrected chi connectivity index (χ4v) is 2.38. The van der Waals surface area contributed by atoms with Crippen molar-refractivity contribution >= 4 is 17.6 Å². The minimum atomic E-state index is -0.933. The number of rotatable bonds is 7. The van der Waals surface area contributed by atoms with Crippen molar-refractivity contribution in [2.24, 2.45) is 0 Å². The van der Waals surface area contributed by atoms with Gasteiger partial charge in [0.15, 0.2) is 0 Å². The van der Waals surface area contributed by atoms with Crippen LogP contribution in [0.4, 0.5) is 5.69 Å². The summed E-state index contributed by atoms with van der Waals surface area (Å²) in [4.78, 5) is 32.6. The molecule has 0 atom stereocenters. The molecule has 1 amide bonds. The van der Waals surface area contributed by atoms with Crippen molar-refractivity contribution in [3.8, 4) is 0 Å². The molecule has 0 bridgehead atoms. The van der Waals surface area contributed by atoms with E-state index in [1.807, 2.05) is 0 Å². The van der Waals surface area contributed by atoms with Gasteiger partial charge >= 0.3 is 11.7 Å². The van der Waals surface area contributed by atoms with Crippen LogP contribution in [0.15, 0.2) is 12.4 Å². The number of nitro groups is 1. The van der Waals surface area contributed by atoms with E-state index in [-0.39, 0.29) is 31.0 Å². The zero-order valence-corrected chi connectivity index (χ0v) is 11.3. The Labute approximate surface area is 120 Å². The molecule has 114 valence electrons. The van der Waals surface area contributed by atoms with Gasteiger partial charge in [0.05, 0.1) is 16.9 Å². The van der Waals surface area contributed by atoms with Crippen LogP contribution in [0.5, 0.6) is 0 Å². The van der Waals surface area contributed by atoms with E-state index in [0.717, 1.165) is 12.6 Å². The van der Waals surface area contributed by atoms with Crippen molar-refractivity contribution in [1.82, 2.24) is 15.1 Å². The molecule has 1 aliphatic rings. The standard InChI is InChI=1S/C12H16N4O5/c17-10(14-12(3-1-4-12)6-11(18)19)2-5-15-8-9(7-13-15)16(20)21/h7-8H,1-6H2,(H,14,17)(H,18,19). The molecule has 1 aromatic heterocycles. The number of aromatic nitrogens is 2. The first-order valence-corrected chi connectivity index (χ1v) is 6.60. The van der Waals surface area contributed by atoms with Gasteiger partial charge in [-0.15, -0.1) is 0 Å². The van der Waals surface area contributed by atoms with Crippen LogP contribution in [0.25, 0.3) is 0 Å². The second kappa shape index (κ2) is 5.90. The quantitative estimate of drug-likeness (QED) is 0.563. The van der Waals surface area contributed by atoms with E-state index >= 15 is 0 Å². The number of amides is 1. The highest BCUT2D eigenvalue weighted by Crippen LogP contribution is 2.34. The third kappa shape index (κ3) is 3.77. The van der Waals surface area contributed by atoms with Crippen molar-refractivity contribution in [3.05, 3.63) is 22.5 Å². The Hall–Kier alpha value is -2.45. The van der Waals surface area contributed by atoms with Gasteiger partial charge in [0.2, 0.25) is 5.91 Å². The highest BCUT2D eigenvalue weighted by Gasteiger charge is 2.40. The summed E-state index contributed by atoms with van der Waals surface area (Å²) in [7, 11) is 0. The van der Waals surface area contributed by atoms with E-state index < -0.39 is 16.4 Å². The van der Waals surface area contributed by atoms with Crippen molar-refractivity contribution in [1.29, 1.82) is 0 Å². The molecule has 0 aliphatic heterocycles. The first-order valence-electron chi connectivity index (χ1n) is 6.60. The summed E-state index contributed by atoms with van der Waals surface area (Å²) in [6, 6.07) is 0. The van der Waals surface area contributed by atoms with Crippen LogP contribution in [0.1, 0.15) is 32.1 Å². The number of carboxylic acid groups (broad SMARTS) is 1. The van der Waals surface area contributed by atoms with E-state index in [4.69, 9.17) is 5.11 Å². The first-order chi connectivity index (χ1) is 9.90. The Balaban J connectivity index is 1.84. The van der Waals surface area contributed by atoms with Gasteiger partial charge in [0.25, 0.3) is 0 Å². The minimum Gasteiger partial charge on any atom is -0.481 e. The maximum absolute atomic E-state index is 11.9. The number of nitrogens with zero attached hydrogens (tertiary/aromatic N) is 3. The van der Waals surface area contributed by atoms with E-state index in [0.29, 0.717) is 12.8 Å². The van der Waals surface area contributed by atoms with Crippen LogP contribution >= 0.6 is 0 Å². The fourth-order valence-electron chi connectivity index (χ4n) is 2.38. The predicted octanol–water partition coefficient (Wildman–Crippen LogP) is 0.695. The maximum atomic E-state index is 11.9. The highest BCUT2D eigenvalue weighted by atomic mass is 16.6. The molecule has 9 heteroatoms. The van der Waals surface area contributed by atoms with Crippen molar-refractivity contribution in [3.63, 3.8) is 0 Å². The molecule has 0 unspecified atom stereocenters. The van der Waals surface area contributed by atoms with Gasteiger partial charge in [0.1, 0.15) is 12.4 Å². The topological polar surface area (TPSA) is 127 Å². The van der Waals surface area contributed by atoms with Gasteiger partial charge in [-0.05, 0) is 19.3 Å². The molecular formula is C12H16N4O5. The Morgan fingerprint density at radius 3 is 2.71 bits per heavy atom. The van der Waals surface area contributed by atoms with E-state index in [1.54, 1.807) is 0 Å². The molecule has 2 N–H and O–H groups in total. The van der Waals surface area contributed by atoms with Crippen LogP contribution in [-0.4, -0.2) is 37.2 Å². The third-order valence-corrected chi connectivity index (χ3v) is 3.60. The van der Waals surface area contributed by atoms with Crippen molar-refractivity contribution in [2.45, 2.75) is 44.2 Å². The molecule has 0 saturated heterocycles. The van der Waals surface area contributed by atoms with Gasteiger partial charge in [-0.2, -0.15) is 5.10 Å². The van der Waals surface area contributed by atoms with E-state index in [1.165, 1.54) is 10.9 Å². The van der Waals surface area contributed by atoms with Gasteiger partial charge in [-0.3, -0.25) is 24.4 Å². The molecule has 1 fully saturated rings. The number of carboxylic acids is 1. The summed E-state index contributed by atoms with van der Waals surface area (Å²) in [5.41, 5.74) is -0.754. The second-order valence-electron chi connectivity index (χ2n) is 5.22. The van der Waals surface area contributed by atoms with Gasteiger partial charge < -0.3 is 10.4 Å². The molecule has 1 aromatic rings. The second-order valence-corrected chi connectivity index (χ2v) is 5.22. The van der Waals surface area contributed by atoms with E-state index in [9.17, 15) is 19.7 Å². The summed E-state index contributed by atoms with van der Waals surface area (Å²) in [5, 5.41) is 25.9. The average Bonchev–Trinajstić information content (AvgIpc) is 2.82. The summed E-state index contributed by atoms with van der Waals surface area (Å²) in [6.45, 7) is 0.211. The highest BCUT2D eigenvalue weighted by molar-refractivity contribution is 5.78. The number of carbonyl (C=O) groups excluding carboxylic acids is 1. The minimum absolute atomic E-state index is 0.0774. The third-order valence-electron chi connectivity index (χ3n) is 3.60. The molecule has 1 aliphatic carbocycles. The summed E-state index contributed by atoms with van der Waals surface area (Å²) >= 11 is 0. The fraction of sp³-hybridized carbons (Fsp3) is 0.583. The summed E-state index contributed by atoms with van der Waals surface area (Å²) in [6.07, 6.45) is 4.63. The summed E-state index contributed by atoms with van der Waals surface area (Å²) < 4.78 is 1.32. The lowest BCUT2D eigenvalue weighted by atomic mass is 9.74. The Bertz CT molecular complexity index is 564. The molecule has 9 nitrogen and oxygen atoms in total. The number of aliphatic carboxylic acids is 1. The van der Waals surface area contributed by atoms with Gasteiger partial charge in [0, 0.05) is 13.0 Å². The lowest BCUT2D eigenvalue weighted by Crippen LogP contribution is -2.54. The Morgan fingerprint density at radius 1 is 1.52 bits per heavy atom. The van der Waals surface area contributed by atoms with Crippen molar-refractivity contribution < 1.29 is 19.6 Å². The lowest BCUT2D eigenvalue weighted by molar-refractivity contribution is -0.385. The number of hydrogen-bond donors (Lipinski definition) is 2. The van der Waals surface area contributed by atoms with Crippen LogP contribution < -0.4 is 5.32 Å². The molecule has 0 spiro atoms. The van der Waals surface area contributed by atoms with Crippen LogP contribution in [-0.2, 0) is 16.1 Å².